The van der Waals surface area contributed by atoms with Gasteiger partial charge in [-0.3, -0.25) is 9.59 Å². The summed E-state index contributed by atoms with van der Waals surface area (Å²) in [5.41, 5.74) is 5.29. The van der Waals surface area contributed by atoms with Crippen LogP contribution in [0.25, 0.3) is 11.0 Å². The number of halogens is 1. The Hall–Kier alpha value is -3.68. The monoisotopic (exact) mass is 384 g/mol. The van der Waals surface area contributed by atoms with Crippen LogP contribution in [0.1, 0.15) is 15.9 Å². The molecule has 0 aliphatic rings. The zero-order valence-corrected chi connectivity index (χ0v) is 14.9. The lowest BCUT2D eigenvalue weighted by Gasteiger charge is -2.17. The predicted molar refractivity (Wildman–Crippen MR) is 99.6 cm³/mol. The molecule has 8 heteroatoms. The van der Waals surface area contributed by atoms with E-state index in [1.54, 1.807) is 12.1 Å². The second kappa shape index (κ2) is 7.91. The molecule has 0 fully saturated rings. The summed E-state index contributed by atoms with van der Waals surface area (Å²) < 4.78 is 24.1. The van der Waals surface area contributed by atoms with Gasteiger partial charge in [0.15, 0.2) is 0 Å². The van der Waals surface area contributed by atoms with Crippen molar-refractivity contribution < 1.29 is 23.1 Å². The number of primary amides is 1. The van der Waals surface area contributed by atoms with Gasteiger partial charge in [0.25, 0.3) is 5.91 Å². The molecule has 7 nitrogen and oxygen atoms in total. The molecule has 2 amide bonds. The number of rotatable bonds is 6. The van der Waals surface area contributed by atoms with Crippen molar-refractivity contribution in [2.45, 2.75) is 12.5 Å². The van der Waals surface area contributed by atoms with Crippen molar-refractivity contribution >= 4 is 22.8 Å². The molecule has 3 aromatic rings. The number of ether oxygens (including phenoxy) is 1. The summed E-state index contributed by atoms with van der Waals surface area (Å²) in [6.45, 7) is 0. The fraction of sp³-hybridized carbons (Fsp3) is 0.150. The maximum absolute atomic E-state index is 13.8. The molecule has 2 aromatic carbocycles. The minimum atomic E-state index is -1.15. The van der Waals surface area contributed by atoms with E-state index in [0.717, 1.165) is 6.07 Å². The molecule has 0 saturated carbocycles. The highest BCUT2D eigenvalue weighted by Crippen LogP contribution is 2.23. The zero-order valence-electron chi connectivity index (χ0n) is 14.9. The number of carbonyl (C=O) groups excluding carboxylic acids is 2. The Morgan fingerprint density at radius 3 is 2.64 bits per heavy atom. The van der Waals surface area contributed by atoms with Crippen LogP contribution < -0.4 is 21.4 Å². The predicted octanol–water partition coefficient (Wildman–Crippen LogP) is 1.77. The van der Waals surface area contributed by atoms with Gasteiger partial charge in [-0.05, 0) is 29.8 Å². The van der Waals surface area contributed by atoms with Crippen LogP contribution in [-0.2, 0) is 11.2 Å². The highest BCUT2D eigenvalue weighted by atomic mass is 19.1. The highest BCUT2D eigenvalue weighted by Gasteiger charge is 2.22. The van der Waals surface area contributed by atoms with Crippen molar-refractivity contribution in [1.82, 2.24) is 5.32 Å². The molecule has 28 heavy (non-hydrogen) atoms. The van der Waals surface area contributed by atoms with E-state index in [1.807, 2.05) is 0 Å². The van der Waals surface area contributed by atoms with Gasteiger partial charge in [0, 0.05) is 23.9 Å². The molecule has 0 aliphatic heterocycles. The first-order valence-electron chi connectivity index (χ1n) is 8.34. The number of hydrogen-bond acceptors (Lipinski definition) is 5. The number of hydrogen-bond donors (Lipinski definition) is 2. The van der Waals surface area contributed by atoms with Gasteiger partial charge in [0.2, 0.25) is 5.91 Å². The summed E-state index contributed by atoms with van der Waals surface area (Å²) in [5.74, 6) is -1.83. The lowest BCUT2D eigenvalue weighted by molar-refractivity contribution is -0.119. The van der Waals surface area contributed by atoms with Crippen LogP contribution in [0.2, 0.25) is 0 Å². The number of nitrogens with two attached hydrogens (primary N) is 1. The van der Waals surface area contributed by atoms with E-state index in [2.05, 4.69) is 5.32 Å². The van der Waals surface area contributed by atoms with Gasteiger partial charge in [0.05, 0.1) is 12.7 Å². The smallest absolute Gasteiger partial charge is 0.336 e. The molecule has 3 N–H and O–H groups in total. The van der Waals surface area contributed by atoms with Gasteiger partial charge in [-0.15, -0.1) is 0 Å². The lowest BCUT2D eigenvalue weighted by atomic mass is 10.0. The van der Waals surface area contributed by atoms with Crippen LogP contribution >= 0.6 is 0 Å². The Morgan fingerprint density at radius 1 is 1.21 bits per heavy atom. The molecule has 1 aromatic heterocycles. The van der Waals surface area contributed by atoms with Crippen LogP contribution in [0.4, 0.5) is 4.39 Å². The van der Waals surface area contributed by atoms with Gasteiger partial charge in [-0.2, -0.15) is 0 Å². The normalized spacial score (nSPS) is 11.8. The molecule has 0 radical (unpaired) electrons. The average molecular weight is 384 g/mol. The van der Waals surface area contributed by atoms with Crippen LogP contribution in [0.3, 0.4) is 0 Å². The van der Waals surface area contributed by atoms with E-state index in [0.29, 0.717) is 16.7 Å². The summed E-state index contributed by atoms with van der Waals surface area (Å²) in [6, 6.07) is 10.3. The zero-order chi connectivity index (χ0) is 20.3. The van der Waals surface area contributed by atoms with Gasteiger partial charge in [0.1, 0.15) is 23.2 Å². The molecular weight excluding hydrogens is 367 g/mol. The molecule has 0 unspecified atom stereocenters. The maximum atomic E-state index is 13.8. The Labute approximate surface area is 158 Å². The third kappa shape index (κ3) is 4.01. The molecule has 0 saturated heterocycles. The van der Waals surface area contributed by atoms with Crippen LogP contribution in [0, 0.1) is 5.82 Å². The van der Waals surface area contributed by atoms with Crippen molar-refractivity contribution in [2.75, 3.05) is 7.11 Å². The Bertz CT molecular complexity index is 1110. The van der Waals surface area contributed by atoms with Gasteiger partial charge in [-0.25, -0.2) is 9.18 Å². The minimum Gasteiger partial charge on any atom is -0.497 e. The molecule has 0 spiro atoms. The fourth-order valence-electron chi connectivity index (χ4n) is 2.83. The molecule has 0 aliphatic carbocycles. The molecule has 1 atom stereocenters. The highest BCUT2D eigenvalue weighted by molar-refractivity contribution is 5.97. The maximum Gasteiger partial charge on any atom is 0.336 e. The Kier molecular flexibility index (Phi) is 5.39. The topological polar surface area (TPSA) is 112 Å². The van der Waals surface area contributed by atoms with Crippen molar-refractivity contribution in [3.05, 3.63) is 75.9 Å². The molecule has 0 bridgehead atoms. The van der Waals surface area contributed by atoms with E-state index in [-0.39, 0.29) is 17.6 Å². The first kappa shape index (κ1) is 19.1. The van der Waals surface area contributed by atoms with Gasteiger partial charge < -0.3 is 20.2 Å². The first-order chi connectivity index (χ1) is 13.4. The minimum absolute atomic E-state index is 0.0655. The molecule has 3 rings (SSSR count). The molecule has 1 heterocycles. The largest absolute Gasteiger partial charge is 0.497 e. The number of amides is 2. The van der Waals surface area contributed by atoms with Crippen molar-refractivity contribution in [1.29, 1.82) is 0 Å². The third-order valence-corrected chi connectivity index (χ3v) is 4.23. The molecular formula is C20H17FN2O5. The van der Waals surface area contributed by atoms with E-state index >= 15 is 0 Å². The van der Waals surface area contributed by atoms with E-state index < -0.39 is 29.3 Å². The summed E-state index contributed by atoms with van der Waals surface area (Å²) in [4.78, 5) is 36.1. The number of benzene rings is 2. The van der Waals surface area contributed by atoms with Crippen LogP contribution in [0.15, 0.2) is 57.7 Å². The van der Waals surface area contributed by atoms with Crippen LogP contribution in [0.5, 0.6) is 5.75 Å². The standard InChI is InChI=1S/C20H17FN2O5/c1-27-12-6-7-13-11(9-18(24)28-17(13)10-12)8-16(19(22)25)23-20(26)14-4-2-3-5-15(14)21/h2-7,9-10,16H,8H2,1H3,(H2,22,25)(H,23,26)/t16-/m0/s1. The third-order valence-electron chi connectivity index (χ3n) is 4.23. The number of nitrogens with one attached hydrogen (secondary N) is 1. The Morgan fingerprint density at radius 2 is 1.96 bits per heavy atom. The second-order valence-corrected chi connectivity index (χ2v) is 6.07. The quantitative estimate of drug-likeness (QED) is 0.629. The first-order valence-corrected chi connectivity index (χ1v) is 8.34. The summed E-state index contributed by atoms with van der Waals surface area (Å²) in [6.07, 6.45) is -0.0655. The fourth-order valence-corrected chi connectivity index (χ4v) is 2.83. The van der Waals surface area contributed by atoms with E-state index in [4.69, 9.17) is 14.9 Å². The lowest BCUT2D eigenvalue weighted by Crippen LogP contribution is -2.46. The number of fused-ring (bicyclic) bond motifs is 1. The Balaban J connectivity index is 1.93. The second-order valence-electron chi connectivity index (χ2n) is 6.07. The SMILES string of the molecule is COc1ccc2c(C[C@H](NC(=O)c3ccccc3F)C(N)=O)cc(=O)oc2c1. The summed E-state index contributed by atoms with van der Waals surface area (Å²) in [5, 5.41) is 2.98. The van der Waals surface area contributed by atoms with Crippen molar-refractivity contribution in [3.63, 3.8) is 0 Å². The average Bonchev–Trinajstić information content (AvgIpc) is 2.66. The van der Waals surface area contributed by atoms with Gasteiger partial charge >= 0.3 is 5.63 Å². The molecule has 144 valence electrons. The van der Waals surface area contributed by atoms with E-state index in [9.17, 15) is 18.8 Å². The van der Waals surface area contributed by atoms with Gasteiger partial charge in [-0.1, -0.05) is 12.1 Å². The number of methoxy groups -OCH3 is 1. The van der Waals surface area contributed by atoms with Crippen molar-refractivity contribution in [3.8, 4) is 5.75 Å². The summed E-state index contributed by atoms with van der Waals surface area (Å²) in [7, 11) is 1.48. The van der Waals surface area contributed by atoms with Crippen LogP contribution in [-0.4, -0.2) is 25.0 Å². The summed E-state index contributed by atoms with van der Waals surface area (Å²) >= 11 is 0. The van der Waals surface area contributed by atoms with E-state index in [1.165, 1.54) is 37.4 Å². The number of carbonyl (C=O) groups is 2. The van der Waals surface area contributed by atoms with Crippen molar-refractivity contribution in [2.24, 2.45) is 5.73 Å².